The first kappa shape index (κ1) is 18.1. The molecule has 1 rings (SSSR count). The lowest BCUT2D eigenvalue weighted by atomic mass is 10.1. The number of hydrogen-bond acceptors (Lipinski definition) is 3. The molecule has 1 aromatic rings. The van der Waals surface area contributed by atoms with Crippen molar-refractivity contribution in [2.45, 2.75) is 64.5 Å². The number of nitrogens with two attached hydrogens (primary N) is 2. The highest BCUT2D eigenvalue weighted by molar-refractivity contribution is 5.22. The Morgan fingerprint density at radius 3 is 1.76 bits per heavy atom. The van der Waals surface area contributed by atoms with Gasteiger partial charge in [-0.15, -0.1) is 0 Å². The summed E-state index contributed by atoms with van der Waals surface area (Å²) >= 11 is 0. The van der Waals surface area contributed by atoms with E-state index in [1.807, 2.05) is 0 Å². The zero-order chi connectivity index (χ0) is 15.2. The monoisotopic (exact) mass is 291 g/mol. The van der Waals surface area contributed by atoms with Gasteiger partial charge in [0.2, 0.25) is 0 Å². The summed E-state index contributed by atoms with van der Waals surface area (Å²) in [5, 5.41) is 3.51. The third-order valence-corrected chi connectivity index (χ3v) is 3.90. The van der Waals surface area contributed by atoms with Gasteiger partial charge in [-0.25, -0.2) is 0 Å². The molecule has 0 spiro atoms. The average molecular weight is 291 g/mol. The Hall–Kier alpha value is -0.900. The maximum atomic E-state index is 5.59. The number of rotatable bonds is 13. The van der Waals surface area contributed by atoms with Crippen LogP contribution in [0.15, 0.2) is 24.3 Å². The van der Waals surface area contributed by atoms with Crippen LogP contribution >= 0.6 is 0 Å². The third-order valence-electron chi connectivity index (χ3n) is 3.90. The number of nitrogens with one attached hydrogen (secondary N) is 1. The van der Waals surface area contributed by atoms with E-state index in [1.165, 1.54) is 62.5 Å². The van der Waals surface area contributed by atoms with Crippen LogP contribution in [0.3, 0.4) is 0 Å². The second-order valence-corrected chi connectivity index (χ2v) is 5.81. The van der Waals surface area contributed by atoms with Crippen molar-refractivity contribution < 1.29 is 0 Å². The Labute approximate surface area is 130 Å². The molecule has 21 heavy (non-hydrogen) atoms. The van der Waals surface area contributed by atoms with Gasteiger partial charge >= 0.3 is 0 Å². The largest absolute Gasteiger partial charge is 0.330 e. The van der Waals surface area contributed by atoms with Crippen LogP contribution in [-0.4, -0.2) is 13.1 Å². The van der Waals surface area contributed by atoms with E-state index < -0.39 is 0 Å². The van der Waals surface area contributed by atoms with Crippen molar-refractivity contribution in [1.29, 1.82) is 0 Å². The molecule has 0 bridgehead atoms. The molecule has 0 aliphatic carbocycles. The first-order chi connectivity index (χ1) is 10.4. The Morgan fingerprint density at radius 1 is 0.667 bits per heavy atom. The van der Waals surface area contributed by atoms with Crippen LogP contribution in [0.5, 0.6) is 0 Å². The quantitative estimate of drug-likeness (QED) is 0.489. The van der Waals surface area contributed by atoms with Crippen LogP contribution in [0.1, 0.15) is 62.5 Å². The molecule has 0 aromatic heterocycles. The highest BCUT2D eigenvalue weighted by Crippen LogP contribution is 2.08. The maximum Gasteiger partial charge on any atom is 0.0205 e. The molecule has 0 amide bonds. The minimum Gasteiger partial charge on any atom is -0.330 e. The van der Waals surface area contributed by atoms with Crippen LogP contribution in [0.2, 0.25) is 0 Å². The van der Waals surface area contributed by atoms with Gasteiger partial charge in [0.15, 0.2) is 0 Å². The zero-order valence-corrected chi connectivity index (χ0v) is 13.4. The summed E-state index contributed by atoms with van der Waals surface area (Å²) in [5.74, 6) is 0. The predicted molar refractivity (Wildman–Crippen MR) is 92.0 cm³/mol. The molecular formula is C18H33N3. The second kappa shape index (κ2) is 12.8. The van der Waals surface area contributed by atoms with E-state index in [1.54, 1.807) is 0 Å². The number of unbranched alkanes of at least 4 members (excludes halogenated alkanes) is 7. The fourth-order valence-electron chi connectivity index (χ4n) is 2.48. The molecule has 0 heterocycles. The van der Waals surface area contributed by atoms with Crippen molar-refractivity contribution in [2.24, 2.45) is 11.5 Å². The summed E-state index contributed by atoms with van der Waals surface area (Å²) in [7, 11) is 0. The Balaban J connectivity index is 1.88. The highest BCUT2D eigenvalue weighted by atomic mass is 14.8. The van der Waals surface area contributed by atoms with Crippen LogP contribution in [-0.2, 0) is 13.1 Å². The van der Waals surface area contributed by atoms with E-state index in [4.69, 9.17) is 11.5 Å². The van der Waals surface area contributed by atoms with Gasteiger partial charge in [-0.05, 0) is 37.1 Å². The first-order valence-electron chi connectivity index (χ1n) is 8.55. The van der Waals surface area contributed by atoms with Gasteiger partial charge in [0, 0.05) is 13.1 Å². The predicted octanol–water partition coefficient (Wildman–Crippen LogP) is 3.31. The highest BCUT2D eigenvalue weighted by Gasteiger charge is 1.95. The van der Waals surface area contributed by atoms with Gasteiger partial charge < -0.3 is 16.8 Å². The summed E-state index contributed by atoms with van der Waals surface area (Å²) in [6.45, 7) is 3.55. The molecule has 0 aliphatic rings. The van der Waals surface area contributed by atoms with E-state index in [2.05, 4.69) is 29.6 Å². The molecule has 0 unspecified atom stereocenters. The van der Waals surface area contributed by atoms with Crippen LogP contribution in [0.25, 0.3) is 0 Å². The molecule has 5 N–H and O–H groups in total. The van der Waals surface area contributed by atoms with Crippen molar-refractivity contribution in [1.82, 2.24) is 5.32 Å². The number of benzene rings is 1. The molecule has 0 saturated heterocycles. The van der Waals surface area contributed by atoms with E-state index in [-0.39, 0.29) is 0 Å². The molecule has 3 heteroatoms. The SMILES string of the molecule is NCCCCCCCCCCNCc1ccc(CN)cc1. The van der Waals surface area contributed by atoms with Crippen molar-refractivity contribution in [3.8, 4) is 0 Å². The molecular weight excluding hydrogens is 258 g/mol. The topological polar surface area (TPSA) is 64.1 Å². The minimum atomic E-state index is 0.625. The van der Waals surface area contributed by atoms with Gasteiger partial charge in [-0.1, -0.05) is 62.8 Å². The summed E-state index contributed by atoms with van der Waals surface area (Å²) in [5.41, 5.74) is 13.6. The standard InChI is InChI=1S/C18H33N3/c19-13-7-5-3-1-2-4-6-8-14-21-16-18-11-9-17(15-20)10-12-18/h9-12,21H,1-8,13-16,19-20H2. The van der Waals surface area contributed by atoms with E-state index in [9.17, 15) is 0 Å². The van der Waals surface area contributed by atoms with E-state index in [0.717, 1.165) is 19.6 Å². The molecule has 3 nitrogen and oxygen atoms in total. The Morgan fingerprint density at radius 2 is 1.19 bits per heavy atom. The van der Waals surface area contributed by atoms with Crippen molar-refractivity contribution in [3.05, 3.63) is 35.4 Å². The van der Waals surface area contributed by atoms with Gasteiger partial charge in [0.05, 0.1) is 0 Å². The fraction of sp³-hybridized carbons (Fsp3) is 0.667. The van der Waals surface area contributed by atoms with E-state index >= 15 is 0 Å². The van der Waals surface area contributed by atoms with Gasteiger partial charge in [-0.2, -0.15) is 0 Å². The summed E-state index contributed by atoms with van der Waals surface area (Å²) in [6.07, 6.45) is 10.6. The lowest BCUT2D eigenvalue weighted by molar-refractivity contribution is 0.552. The molecule has 0 aliphatic heterocycles. The van der Waals surface area contributed by atoms with E-state index in [0.29, 0.717) is 6.54 Å². The van der Waals surface area contributed by atoms with Gasteiger partial charge in [0.25, 0.3) is 0 Å². The summed E-state index contributed by atoms with van der Waals surface area (Å²) in [6, 6.07) is 8.55. The fourth-order valence-corrected chi connectivity index (χ4v) is 2.48. The molecule has 0 fully saturated rings. The molecule has 0 atom stereocenters. The normalized spacial score (nSPS) is 11.0. The van der Waals surface area contributed by atoms with Crippen molar-refractivity contribution >= 4 is 0 Å². The number of hydrogen-bond donors (Lipinski definition) is 3. The van der Waals surface area contributed by atoms with Gasteiger partial charge in [-0.3, -0.25) is 0 Å². The molecule has 0 radical (unpaired) electrons. The molecule has 0 saturated carbocycles. The summed E-state index contributed by atoms with van der Waals surface area (Å²) < 4.78 is 0. The zero-order valence-electron chi connectivity index (χ0n) is 13.4. The lowest BCUT2D eigenvalue weighted by Crippen LogP contribution is -2.14. The van der Waals surface area contributed by atoms with Crippen LogP contribution in [0, 0.1) is 0 Å². The van der Waals surface area contributed by atoms with Crippen LogP contribution < -0.4 is 16.8 Å². The van der Waals surface area contributed by atoms with Crippen molar-refractivity contribution in [2.75, 3.05) is 13.1 Å². The Bertz CT molecular complexity index is 335. The lowest BCUT2D eigenvalue weighted by Gasteiger charge is -2.06. The molecule has 120 valence electrons. The smallest absolute Gasteiger partial charge is 0.0205 e. The first-order valence-corrected chi connectivity index (χ1v) is 8.55. The van der Waals surface area contributed by atoms with Crippen molar-refractivity contribution in [3.63, 3.8) is 0 Å². The third kappa shape index (κ3) is 9.62. The maximum absolute atomic E-state index is 5.59. The Kier molecular flexibility index (Phi) is 11.1. The van der Waals surface area contributed by atoms with Gasteiger partial charge in [0.1, 0.15) is 0 Å². The average Bonchev–Trinajstić information content (AvgIpc) is 2.53. The second-order valence-electron chi connectivity index (χ2n) is 5.81. The minimum absolute atomic E-state index is 0.625. The molecule has 1 aromatic carbocycles. The summed E-state index contributed by atoms with van der Waals surface area (Å²) in [4.78, 5) is 0. The van der Waals surface area contributed by atoms with Crippen LogP contribution in [0.4, 0.5) is 0 Å².